The van der Waals surface area contributed by atoms with E-state index in [1.165, 1.54) is 0 Å². The first-order chi connectivity index (χ1) is 12.0. The molecular formula is C19H20N2O4. The van der Waals surface area contributed by atoms with Gasteiger partial charge in [-0.25, -0.2) is 0 Å². The predicted molar refractivity (Wildman–Crippen MR) is 93.6 cm³/mol. The second-order valence-corrected chi connectivity index (χ2v) is 5.96. The quantitative estimate of drug-likeness (QED) is 0.821. The minimum absolute atomic E-state index is 0.212. The Hall–Kier alpha value is -3.02. The molecule has 3 rings (SSSR count). The first-order valence-corrected chi connectivity index (χ1v) is 8.04. The molecule has 25 heavy (non-hydrogen) atoms. The summed E-state index contributed by atoms with van der Waals surface area (Å²) in [5.74, 6) is 0.699. The largest absolute Gasteiger partial charge is 0.454 e. The minimum atomic E-state index is -0.333. The minimum Gasteiger partial charge on any atom is -0.454 e. The van der Waals surface area contributed by atoms with Gasteiger partial charge in [-0.05, 0) is 42.7 Å². The number of para-hydroxylation sites is 1. The topological polar surface area (TPSA) is 76.7 Å². The van der Waals surface area contributed by atoms with E-state index in [1.807, 2.05) is 44.2 Å². The van der Waals surface area contributed by atoms with Crippen LogP contribution in [-0.2, 0) is 16.1 Å². The summed E-state index contributed by atoms with van der Waals surface area (Å²) < 4.78 is 10.5. The maximum Gasteiger partial charge on any atom is 0.233 e. The van der Waals surface area contributed by atoms with Gasteiger partial charge >= 0.3 is 0 Å². The molecule has 6 nitrogen and oxygen atoms in total. The number of anilines is 1. The fourth-order valence-electron chi connectivity index (χ4n) is 2.66. The standard InChI is InChI=1S/C19H20N2O4/c1-12-4-3-5-13(2)19(12)21-18(23)9-17(22)20-10-14-6-7-15-16(8-14)25-11-24-15/h3-8H,9-11H2,1-2H3,(H,20,22)(H,21,23). The lowest BCUT2D eigenvalue weighted by atomic mass is 10.1. The zero-order chi connectivity index (χ0) is 17.8. The Morgan fingerprint density at radius 1 is 1.00 bits per heavy atom. The Kier molecular flexibility index (Phi) is 4.88. The number of carbonyl (C=O) groups is 2. The molecular weight excluding hydrogens is 320 g/mol. The van der Waals surface area contributed by atoms with Crippen molar-refractivity contribution >= 4 is 17.5 Å². The number of hydrogen-bond acceptors (Lipinski definition) is 4. The maximum absolute atomic E-state index is 12.1. The average Bonchev–Trinajstić information content (AvgIpc) is 3.04. The Labute approximate surface area is 146 Å². The number of ether oxygens (including phenoxy) is 2. The lowest BCUT2D eigenvalue weighted by molar-refractivity contribution is -0.126. The maximum atomic E-state index is 12.1. The van der Waals surface area contributed by atoms with E-state index in [-0.39, 0.29) is 25.0 Å². The van der Waals surface area contributed by atoms with Gasteiger partial charge in [0.05, 0.1) is 0 Å². The summed E-state index contributed by atoms with van der Waals surface area (Å²) in [5, 5.41) is 5.55. The van der Waals surface area contributed by atoms with E-state index in [9.17, 15) is 9.59 Å². The number of rotatable bonds is 5. The summed E-state index contributed by atoms with van der Waals surface area (Å²) in [4.78, 5) is 24.1. The predicted octanol–water partition coefficient (Wildman–Crippen LogP) is 2.68. The van der Waals surface area contributed by atoms with Crippen molar-refractivity contribution in [2.45, 2.75) is 26.8 Å². The van der Waals surface area contributed by atoms with Gasteiger partial charge in [0.2, 0.25) is 18.6 Å². The fourth-order valence-corrected chi connectivity index (χ4v) is 2.66. The van der Waals surface area contributed by atoms with Crippen LogP contribution in [0.15, 0.2) is 36.4 Å². The van der Waals surface area contributed by atoms with Crippen LogP contribution in [0, 0.1) is 13.8 Å². The summed E-state index contributed by atoms with van der Waals surface area (Å²) in [6, 6.07) is 11.2. The molecule has 0 unspecified atom stereocenters. The summed E-state index contributed by atoms with van der Waals surface area (Å²) in [6.07, 6.45) is -0.224. The van der Waals surface area contributed by atoms with E-state index in [0.29, 0.717) is 18.0 Å². The van der Waals surface area contributed by atoms with E-state index in [2.05, 4.69) is 10.6 Å². The van der Waals surface area contributed by atoms with Crippen molar-refractivity contribution in [1.82, 2.24) is 5.32 Å². The number of hydrogen-bond donors (Lipinski definition) is 2. The number of fused-ring (bicyclic) bond motifs is 1. The zero-order valence-corrected chi connectivity index (χ0v) is 14.2. The molecule has 0 spiro atoms. The highest BCUT2D eigenvalue weighted by atomic mass is 16.7. The van der Waals surface area contributed by atoms with Gasteiger partial charge in [0, 0.05) is 12.2 Å². The van der Waals surface area contributed by atoms with Gasteiger partial charge in [-0.1, -0.05) is 24.3 Å². The molecule has 2 N–H and O–H groups in total. The third-order valence-electron chi connectivity index (χ3n) is 3.99. The molecule has 0 saturated carbocycles. The molecule has 0 bridgehead atoms. The summed E-state index contributed by atoms with van der Waals surface area (Å²) >= 11 is 0. The fraction of sp³-hybridized carbons (Fsp3) is 0.263. The van der Waals surface area contributed by atoms with Crippen LogP contribution in [0.2, 0.25) is 0 Å². The molecule has 2 aromatic carbocycles. The highest BCUT2D eigenvalue weighted by Gasteiger charge is 2.15. The van der Waals surface area contributed by atoms with Crippen LogP contribution in [0.3, 0.4) is 0 Å². The van der Waals surface area contributed by atoms with Gasteiger partial charge in [0.25, 0.3) is 0 Å². The smallest absolute Gasteiger partial charge is 0.233 e. The SMILES string of the molecule is Cc1cccc(C)c1NC(=O)CC(=O)NCc1ccc2c(c1)OCO2. The van der Waals surface area contributed by atoms with Crippen molar-refractivity contribution in [1.29, 1.82) is 0 Å². The van der Waals surface area contributed by atoms with Crippen LogP contribution in [0.25, 0.3) is 0 Å². The van der Waals surface area contributed by atoms with E-state index in [4.69, 9.17) is 9.47 Å². The molecule has 130 valence electrons. The molecule has 0 atom stereocenters. The molecule has 0 aliphatic carbocycles. The lowest BCUT2D eigenvalue weighted by Crippen LogP contribution is -2.28. The van der Waals surface area contributed by atoms with E-state index < -0.39 is 0 Å². The third-order valence-corrected chi connectivity index (χ3v) is 3.99. The monoisotopic (exact) mass is 340 g/mol. The van der Waals surface area contributed by atoms with Crippen LogP contribution < -0.4 is 20.1 Å². The first-order valence-electron chi connectivity index (χ1n) is 8.04. The van der Waals surface area contributed by atoms with Crippen molar-refractivity contribution in [3.63, 3.8) is 0 Å². The van der Waals surface area contributed by atoms with Crippen molar-refractivity contribution in [3.05, 3.63) is 53.1 Å². The summed E-state index contributed by atoms with van der Waals surface area (Å²) in [5.41, 5.74) is 3.58. The Balaban J connectivity index is 1.51. The highest BCUT2D eigenvalue weighted by Crippen LogP contribution is 2.32. The van der Waals surface area contributed by atoms with Crippen molar-refractivity contribution in [2.24, 2.45) is 0 Å². The van der Waals surface area contributed by atoms with Crippen LogP contribution in [0.1, 0.15) is 23.1 Å². The summed E-state index contributed by atoms with van der Waals surface area (Å²) in [6.45, 7) is 4.38. The Morgan fingerprint density at radius 2 is 1.72 bits per heavy atom. The van der Waals surface area contributed by atoms with E-state index in [1.54, 1.807) is 6.07 Å². The average molecular weight is 340 g/mol. The van der Waals surface area contributed by atoms with Crippen LogP contribution in [0.5, 0.6) is 11.5 Å². The summed E-state index contributed by atoms with van der Waals surface area (Å²) in [7, 11) is 0. The number of nitrogens with one attached hydrogen (secondary N) is 2. The molecule has 2 aromatic rings. The van der Waals surface area contributed by atoms with Crippen molar-refractivity contribution in [3.8, 4) is 11.5 Å². The van der Waals surface area contributed by atoms with Gasteiger partial charge in [-0.15, -0.1) is 0 Å². The Bertz CT molecular complexity index is 797. The number of carbonyl (C=O) groups excluding carboxylic acids is 2. The lowest BCUT2D eigenvalue weighted by Gasteiger charge is -2.11. The molecule has 0 fully saturated rings. The molecule has 0 aromatic heterocycles. The number of amides is 2. The van der Waals surface area contributed by atoms with Crippen LogP contribution in [-0.4, -0.2) is 18.6 Å². The van der Waals surface area contributed by atoms with E-state index in [0.717, 1.165) is 22.4 Å². The van der Waals surface area contributed by atoms with Gasteiger partial charge < -0.3 is 20.1 Å². The Morgan fingerprint density at radius 3 is 2.48 bits per heavy atom. The molecule has 1 aliphatic rings. The van der Waals surface area contributed by atoms with Crippen molar-refractivity contribution < 1.29 is 19.1 Å². The molecule has 1 aliphatic heterocycles. The van der Waals surface area contributed by atoms with Crippen LogP contribution >= 0.6 is 0 Å². The molecule has 1 heterocycles. The normalized spacial score (nSPS) is 11.9. The zero-order valence-electron chi connectivity index (χ0n) is 14.2. The van der Waals surface area contributed by atoms with Gasteiger partial charge in [-0.3, -0.25) is 9.59 Å². The number of benzene rings is 2. The first kappa shape index (κ1) is 16.8. The molecule has 6 heteroatoms. The highest BCUT2D eigenvalue weighted by molar-refractivity contribution is 6.04. The second-order valence-electron chi connectivity index (χ2n) is 5.96. The van der Waals surface area contributed by atoms with Crippen molar-refractivity contribution in [2.75, 3.05) is 12.1 Å². The third kappa shape index (κ3) is 4.09. The van der Waals surface area contributed by atoms with Gasteiger partial charge in [0.1, 0.15) is 6.42 Å². The number of aryl methyl sites for hydroxylation is 2. The molecule has 0 saturated heterocycles. The molecule has 0 radical (unpaired) electrons. The molecule has 2 amide bonds. The van der Waals surface area contributed by atoms with Crippen LogP contribution in [0.4, 0.5) is 5.69 Å². The van der Waals surface area contributed by atoms with E-state index >= 15 is 0 Å². The van der Waals surface area contributed by atoms with Gasteiger partial charge in [-0.2, -0.15) is 0 Å². The second kappa shape index (κ2) is 7.25. The van der Waals surface area contributed by atoms with Gasteiger partial charge in [0.15, 0.2) is 11.5 Å².